The Hall–Kier alpha value is -1.10. The van der Waals surface area contributed by atoms with E-state index in [-0.39, 0.29) is 6.04 Å². The lowest BCUT2D eigenvalue weighted by Gasteiger charge is -2.42. The number of benzene rings is 1. The van der Waals surface area contributed by atoms with Crippen molar-refractivity contribution in [2.24, 2.45) is 5.73 Å². The Bertz CT molecular complexity index is 478. The van der Waals surface area contributed by atoms with Gasteiger partial charge in [-0.3, -0.25) is 4.90 Å². The van der Waals surface area contributed by atoms with Crippen molar-refractivity contribution in [1.82, 2.24) is 4.90 Å². The predicted octanol–water partition coefficient (Wildman–Crippen LogP) is 1.73. The average Bonchev–Trinajstić information content (AvgIpc) is 2.47. The number of methoxy groups -OCH3 is 1. The predicted molar refractivity (Wildman–Crippen MR) is 79.0 cm³/mol. The van der Waals surface area contributed by atoms with Crippen LogP contribution >= 0.6 is 0 Å². The van der Waals surface area contributed by atoms with Gasteiger partial charge in [-0.15, -0.1) is 0 Å². The zero-order valence-electron chi connectivity index (χ0n) is 12.3. The monoisotopic (exact) mass is 276 g/mol. The normalized spacial score (nSPS) is 30.9. The fraction of sp³-hybridized carbons (Fsp3) is 0.625. The number of hydrogen-bond acceptors (Lipinski definition) is 4. The highest BCUT2D eigenvalue weighted by Crippen LogP contribution is 2.34. The van der Waals surface area contributed by atoms with E-state index >= 15 is 0 Å². The number of morpholine rings is 1. The summed E-state index contributed by atoms with van der Waals surface area (Å²) in [6.07, 6.45) is 2.51. The van der Waals surface area contributed by atoms with Crippen molar-refractivity contribution in [1.29, 1.82) is 0 Å². The standard InChI is InChI=1S/C16H24N2O2/c1-11-10-18(7-8-20-11)15-6-3-12-9-13(19-2)4-5-14(12)16(15)17/h4-5,9,11,15-16H,3,6-8,10,17H2,1-2H3. The van der Waals surface area contributed by atoms with Crippen LogP contribution in [0.1, 0.15) is 30.5 Å². The first kappa shape index (κ1) is 13.9. The third-order valence-corrected chi connectivity index (χ3v) is 4.57. The lowest BCUT2D eigenvalue weighted by Crippen LogP contribution is -2.52. The van der Waals surface area contributed by atoms with E-state index in [0.717, 1.165) is 38.3 Å². The zero-order valence-corrected chi connectivity index (χ0v) is 12.3. The van der Waals surface area contributed by atoms with Crippen molar-refractivity contribution < 1.29 is 9.47 Å². The van der Waals surface area contributed by atoms with Crippen molar-refractivity contribution in [3.63, 3.8) is 0 Å². The van der Waals surface area contributed by atoms with Gasteiger partial charge in [0.05, 0.1) is 19.8 Å². The third-order valence-electron chi connectivity index (χ3n) is 4.57. The second-order valence-electron chi connectivity index (χ2n) is 5.87. The van der Waals surface area contributed by atoms with E-state index in [1.807, 2.05) is 6.07 Å². The average molecular weight is 276 g/mol. The molecule has 1 aromatic carbocycles. The molecular formula is C16H24N2O2. The first-order valence-electron chi connectivity index (χ1n) is 7.47. The third kappa shape index (κ3) is 2.55. The fourth-order valence-corrected chi connectivity index (χ4v) is 3.50. The first-order valence-corrected chi connectivity index (χ1v) is 7.47. The summed E-state index contributed by atoms with van der Waals surface area (Å²) in [4.78, 5) is 2.51. The Morgan fingerprint density at radius 3 is 3.00 bits per heavy atom. The number of nitrogens with zero attached hydrogens (tertiary/aromatic N) is 1. The molecule has 1 saturated heterocycles. The molecule has 3 rings (SSSR count). The van der Waals surface area contributed by atoms with Crippen molar-refractivity contribution in [3.8, 4) is 5.75 Å². The number of nitrogens with two attached hydrogens (primary N) is 1. The van der Waals surface area contributed by atoms with E-state index < -0.39 is 0 Å². The van der Waals surface area contributed by atoms with E-state index in [1.165, 1.54) is 11.1 Å². The van der Waals surface area contributed by atoms with Gasteiger partial charge < -0.3 is 15.2 Å². The quantitative estimate of drug-likeness (QED) is 0.893. The fourth-order valence-electron chi connectivity index (χ4n) is 3.50. The lowest BCUT2D eigenvalue weighted by atomic mass is 9.83. The highest BCUT2D eigenvalue weighted by molar-refractivity contribution is 5.40. The van der Waals surface area contributed by atoms with E-state index in [0.29, 0.717) is 12.1 Å². The molecule has 0 spiro atoms. The van der Waals surface area contributed by atoms with Crippen LogP contribution in [0, 0.1) is 0 Å². The van der Waals surface area contributed by atoms with Gasteiger partial charge in [0.2, 0.25) is 0 Å². The van der Waals surface area contributed by atoms with Crippen molar-refractivity contribution in [2.75, 3.05) is 26.8 Å². The maximum atomic E-state index is 6.54. The Morgan fingerprint density at radius 2 is 2.25 bits per heavy atom. The number of fused-ring (bicyclic) bond motifs is 1. The minimum absolute atomic E-state index is 0.0926. The van der Waals surface area contributed by atoms with Crippen LogP contribution in [0.15, 0.2) is 18.2 Å². The minimum Gasteiger partial charge on any atom is -0.497 e. The van der Waals surface area contributed by atoms with Gasteiger partial charge in [0.15, 0.2) is 0 Å². The van der Waals surface area contributed by atoms with Crippen LogP contribution in [0.2, 0.25) is 0 Å². The number of rotatable bonds is 2. The molecule has 1 aliphatic carbocycles. The molecule has 3 atom stereocenters. The van der Waals surface area contributed by atoms with Crippen LogP contribution in [0.4, 0.5) is 0 Å². The van der Waals surface area contributed by atoms with Gasteiger partial charge in [0.1, 0.15) is 5.75 Å². The molecular weight excluding hydrogens is 252 g/mol. The van der Waals surface area contributed by atoms with Gasteiger partial charge in [-0.1, -0.05) is 6.07 Å². The van der Waals surface area contributed by atoms with Gasteiger partial charge in [-0.25, -0.2) is 0 Å². The van der Waals surface area contributed by atoms with Gasteiger partial charge in [-0.05, 0) is 43.0 Å². The smallest absolute Gasteiger partial charge is 0.119 e. The second kappa shape index (κ2) is 5.72. The van der Waals surface area contributed by atoms with Gasteiger partial charge in [0.25, 0.3) is 0 Å². The van der Waals surface area contributed by atoms with Crippen LogP contribution < -0.4 is 10.5 Å². The topological polar surface area (TPSA) is 47.7 Å². The summed E-state index contributed by atoms with van der Waals surface area (Å²) in [7, 11) is 1.71. The second-order valence-corrected chi connectivity index (χ2v) is 5.87. The largest absolute Gasteiger partial charge is 0.497 e. The molecule has 1 heterocycles. The molecule has 3 unspecified atom stereocenters. The number of ether oxygens (including phenoxy) is 2. The maximum absolute atomic E-state index is 6.54. The van der Waals surface area contributed by atoms with E-state index in [9.17, 15) is 0 Å². The SMILES string of the molecule is COc1ccc2c(c1)CCC(N1CCOC(C)C1)C2N. The Morgan fingerprint density at radius 1 is 1.40 bits per heavy atom. The molecule has 2 N–H and O–H groups in total. The molecule has 1 aromatic rings. The Kier molecular flexibility index (Phi) is 3.96. The molecule has 0 aromatic heterocycles. The van der Waals surface area contributed by atoms with Crippen LogP contribution in [0.3, 0.4) is 0 Å². The summed E-state index contributed by atoms with van der Waals surface area (Å²) in [6.45, 7) is 4.94. The molecule has 4 heteroatoms. The molecule has 0 amide bonds. The molecule has 110 valence electrons. The Balaban J connectivity index is 1.80. The summed E-state index contributed by atoms with van der Waals surface area (Å²) >= 11 is 0. The van der Waals surface area contributed by atoms with Gasteiger partial charge in [0, 0.05) is 25.2 Å². The van der Waals surface area contributed by atoms with Crippen LogP contribution in [0.5, 0.6) is 5.75 Å². The van der Waals surface area contributed by atoms with Crippen molar-refractivity contribution >= 4 is 0 Å². The van der Waals surface area contributed by atoms with Crippen molar-refractivity contribution in [3.05, 3.63) is 29.3 Å². The van der Waals surface area contributed by atoms with Crippen molar-refractivity contribution in [2.45, 2.75) is 38.0 Å². The van der Waals surface area contributed by atoms with E-state index in [4.69, 9.17) is 15.2 Å². The summed E-state index contributed by atoms with van der Waals surface area (Å²) in [5.74, 6) is 0.925. The molecule has 0 radical (unpaired) electrons. The zero-order chi connectivity index (χ0) is 14.1. The number of hydrogen-bond donors (Lipinski definition) is 1. The molecule has 2 aliphatic rings. The number of aryl methyl sites for hydroxylation is 1. The summed E-state index contributed by atoms with van der Waals surface area (Å²) in [5.41, 5.74) is 9.16. The lowest BCUT2D eigenvalue weighted by molar-refractivity contribution is -0.0402. The Labute approximate surface area is 120 Å². The van der Waals surface area contributed by atoms with Crippen LogP contribution in [-0.2, 0) is 11.2 Å². The molecule has 0 saturated carbocycles. The van der Waals surface area contributed by atoms with Crippen LogP contribution in [0.25, 0.3) is 0 Å². The minimum atomic E-state index is 0.0926. The van der Waals surface area contributed by atoms with E-state index in [2.05, 4.69) is 24.0 Å². The van der Waals surface area contributed by atoms with Gasteiger partial charge in [-0.2, -0.15) is 0 Å². The highest BCUT2D eigenvalue weighted by atomic mass is 16.5. The molecule has 1 fully saturated rings. The molecule has 20 heavy (non-hydrogen) atoms. The maximum Gasteiger partial charge on any atom is 0.119 e. The molecule has 4 nitrogen and oxygen atoms in total. The molecule has 1 aliphatic heterocycles. The van der Waals surface area contributed by atoms with Gasteiger partial charge >= 0.3 is 0 Å². The summed E-state index contributed by atoms with van der Waals surface area (Å²) in [6, 6.07) is 6.81. The van der Waals surface area contributed by atoms with E-state index in [1.54, 1.807) is 7.11 Å². The highest BCUT2D eigenvalue weighted by Gasteiger charge is 2.33. The first-order chi connectivity index (χ1) is 9.69. The summed E-state index contributed by atoms with van der Waals surface area (Å²) < 4.78 is 10.9. The summed E-state index contributed by atoms with van der Waals surface area (Å²) in [5, 5.41) is 0. The van der Waals surface area contributed by atoms with Crippen LogP contribution in [-0.4, -0.2) is 43.9 Å². The molecule has 0 bridgehead atoms.